The zero-order chi connectivity index (χ0) is 16.0. The van der Waals surface area contributed by atoms with Crippen LogP contribution in [0, 0.1) is 0 Å². The van der Waals surface area contributed by atoms with Gasteiger partial charge in [0, 0.05) is 6.54 Å². The number of fused-ring (bicyclic) bond motifs is 1. The molecular weight excluding hydrogens is 273 g/mol. The highest BCUT2D eigenvalue weighted by atomic mass is 16.7. The molecule has 1 aliphatic carbocycles. The molecular formula is C18H26BNO2. The fraction of sp³-hybridized carbons (Fsp3) is 0.556. The summed E-state index contributed by atoms with van der Waals surface area (Å²) in [5.74, 6) is 0. The first-order valence-corrected chi connectivity index (χ1v) is 8.15. The smallest absolute Gasteiger partial charge is 0.400 e. The Morgan fingerprint density at radius 1 is 1.14 bits per heavy atom. The topological polar surface area (TPSA) is 30.5 Å². The zero-order valence-corrected chi connectivity index (χ0v) is 14.3. The molecule has 1 aromatic carbocycles. The average molecular weight is 299 g/mol. The third kappa shape index (κ3) is 2.75. The molecule has 3 nitrogen and oxygen atoms in total. The molecule has 22 heavy (non-hydrogen) atoms. The average Bonchev–Trinajstić information content (AvgIpc) is 2.61. The summed E-state index contributed by atoms with van der Waals surface area (Å²) in [7, 11) is 1.67. The second kappa shape index (κ2) is 5.52. The van der Waals surface area contributed by atoms with Crippen LogP contribution in [0.15, 0.2) is 23.7 Å². The fourth-order valence-corrected chi connectivity index (χ4v) is 2.92. The summed E-state index contributed by atoms with van der Waals surface area (Å²) in [6.07, 6.45) is 4.63. The molecule has 2 aliphatic rings. The van der Waals surface area contributed by atoms with Crippen LogP contribution in [0.4, 0.5) is 0 Å². The third-order valence-electron chi connectivity index (χ3n) is 5.18. The van der Waals surface area contributed by atoms with E-state index in [-0.39, 0.29) is 18.3 Å². The Hall–Kier alpha value is -1.10. The molecule has 1 N–H and O–H groups in total. The summed E-state index contributed by atoms with van der Waals surface area (Å²) in [6, 6.07) is 6.73. The Balaban J connectivity index is 1.86. The number of nitrogens with one attached hydrogen (secondary N) is 1. The van der Waals surface area contributed by atoms with Crippen molar-refractivity contribution in [2.24, 2.45) is 0 Å². The van der Waals surface area contributed by atoms with Gasteiger partial charge in [-0.15, -0.1) is 0 Å². The molecule has 1 fully saturated rings. The van der Waals surface area contributed by atoms with Gasteiger partial charge in [-0.25, -0.2) is 0 Å². The number of likely N-dealkylation sites (N-methyl/N-ethyl adjacent to an activating group) is 1. The molecule has 3 rings (SSSR count). The minimum absolute atomic E-state index is 0.288. The van der Waals surface area contributed by atoms with Crippen molar-refractivity contribution >= 4 is 13.2 Å². The molecule has 0 radical (unpaired) electrons. The van der Waals surface area contributed by atoms with E-state index < -0.39 is 0 Å². The highest BCUT2D eigenvalue weighted by Gasteiger charge is 2.52. The molecule has 0 unspecified atom stereocenters. The van der Waals surface area contributed by atoms with Crippen LogP contribution in [-0.4, -0.2) is 31.9 Å². The van der Waals surface area contributed by atoms with Crippen LogP contribution < -0.4 is 5.32 Å². The van der Waals surface area contributed by atoms with Crippen LogP contribution in [0.1, 0.15) is 44.4 Å². The molecule has 0 saturated carbocycles. The molecule has 1 aliphatic heterocycles. The molecule has 0 atom stereocenters. The van der Waals surface area contributed by atoms with Gasteiger partial charge < -0.3 is 14.6 Å². The van der Waals surface area contributed by atoms with Crippen LogP contribution in [0.2, 0.25) is 0 Å². The van der Waals surface area contributed by atoms with Crippen molar-refractivity contribution in [2.75, 3.05) is 13.6 Å². The van der Waals surface area contributed by atoms with Crippen LogP contribution in [0.5, 0.6) is 0 Å². The Morgan fingerprint density at radius 3 is 2.27 bits per heavy atom. The zero-order valence-electron chi connectivity index (χ0n) is 14.3. The monoisotopic (exact) mass is 299 g/mol. The summed E-state index contributed by atoms with van der Waals surface area (Å²) >= 11 is 0. The SMILES string of the molecule is CNCC(=Cc1ccc2c(c1)CC2)B1OC(C)(C)C(C)(C)O1. The van der Waals surface area contributed by atoms with Crippen molar-refractivity contribution in [3.63, 3.8) is 0 Å². The molecule has 1 saturated heterocycles. The Kier molecular flexibility index (Phi) is 3.96. The summed E-state index contributed by atoms with van der Waals surface area (Å²) in [6.45, 7) is 9.13. The van der Waals surface area contributed by atoms with E-state index >= 15 is 0 Å². The minimum atomic E-state index is -0.301. The molecule has 118 valence electrons. The maximum absolute atomic E-state index is 6.19. The molecule has 0 aromatic heterocycles. The van der Waals surface area contributed by atoms with E-state index in [0.717, 1.165) is 12.0 Å². The van der Waals surface area contributed by atoms with E-state index in [1.54, 1.807) is 0 Å². The van der Waals surface area contributed by atoms with Crippen molar-refractivity contribution in [3.8, 4) is 0 Å². The fourth-order valence-electron chi connectivity index (χ4n) is 2.92. The van der Waals surface area contributed by atoms with Gasteiger partial charge in [0.1, 0.15) is 0 Å². The van der Waals surface area contributed by atoms with E-state index in [9.17, 15) is 0 Å². The van der Waals surface area contributed by atoms with Crippen LogP contribution in [-0.2, 0) is 22.2 Å². The predicted octanol–water partition coefficient (Wildman–Crippen LogP) is 3.02. The summed E-state index contributed by atoms with van der Waals surface area (Å²) in [5.41, 5.74) is 4.74. The van der Waals surface area contributed by atoms with Crippen molar-refractivity contribution in [1.29, 1.82) is 0 Å². The number of hydrogen-bond acceptors (Lipinski definition) is 3. The van der Waals surface area contributed by atoms with Gasteiger partial charge in [-0.2, -0.15) is 0 Å². The van der Waals surface area contributed by atoms with Crippen LogP contribution in [0.3, 0.4) is 0 Å². The normalized spacial score (nSPS) is 22.4. The number of hydrogen-bond donors (Lipinski definition) is 1. The van der Waals surface area contributed by atoms with Crippen molar-refractivity contribution in [1.82, 2.24) is 5.32 Å². The standard InChI is InChI=1S/C18H26BNO2/c1-17(2)18(3,4)22-19(21-17)16(12-20-5)11-13-6-7-14-8-9-15(14)10-13/h6-7,10-11,20H,8-9,12H2,1-5H3. The van der Waals surface area contributed by atoms with E-state index in [0.29, 0.717) is 0 Å². The molecule has 1 heterocycles. The summed E-state index contributed by atoms with van der Waals surface area (Å²) < 4.78 is 12.4. The van der Waals surface area contributed by atoms with Crippen LogP contribution in [0.25, 0.3) is 6.08 Å². The maximum Gasteiger partial charge on any atom is 0.491 e. The largest absolute Gasteiger partial charge is 0.491 e. The van der Waals surface area contributed by atoms with Gasteiger partial charge in [-0.05, 0) is 69.7 Å². The Morgan fingerprint density at radius 2 is 1.77 bits per heavy atom. The lowest BCUT2D eigenvalue weighted by atomic mass is 9.76. The predicted molar refractivity (Wildman–Crippen MR) is 91.8 cm³/mol. The van der Waals surface area contributed by atoms with Gasteiger partial charge in [-0.3, -0.25) is 0 Å². The highest BCUT2D eigenvalue weighted by Crippen LogP contribution is 2.38. The first-order valence-electron chi connectivity index (χ1n) is 8.15. The van der Waals surface area contributed by atoms with Crippen molar-refractivity contribution in [2.45, 2.75) is 51.7 Å². The molecule has 0 bridgehead atoms. The quantitative estimate of drug-likeness (QED) is 0.867. The van der Waals surface area contributed by atoms with E-state index in [1.807, 2.05) is 7.05 Å². The molecule has 0 spiro atoms. The van der Waals surface area contributed by atoms with Gasteiger partial charge in [0.15, 0.2) is 0 Å². The van der Waals surface area contributed by atoms with Crippen molar-refractivity contribution < 1.29 is 9.31 Å². The van der Waals surface area contributed by atoms with Gasteiger partial charge in [0.05, 0.1) is 11.2 Å². The number of rotatable bonds is 4. The molecule has 0 amide bonds. The Bertz CT molecular complexity index is 591. The van der Waals surface area contributed by atoms with E-state index in [1.165, 1.54) is 29.5 Å². The minimum Gasteiger partial charge on any atom is -0.400 e. The lowest BCUT2D eigenvalue weighted by molar-refractivity contribution is 0.00578. The lowest BCUT2D eigenvalue weighted by Gasteiger charge is -2.32. The highest BCUT2D eigenvalue weighted by molar-refractivity contribution is 6.55. The second-order valence-electron chi connectivity index (χ2n) is 7.37. The van der Waals surface area contributed by atoms with Gasteiger partial charge in [0.2, 0.25) is 0 Å². The van der Waals surface area contributed by atoms with Crippen molar-refractivity contribution in [3.05, 3.63) is 40.4 Å². The molecule has 4 heteroatoms. The maximum atomic E-state index is 6.19. The van der Waals surface area contributed by atoms with Gasteiger partial charge in [-0.1, -0.05) is 24.3 Å². The molecule has 1 aromatic rings. The number of aryl methyl sites for hydroxylation is 2. The van der Waals surface area contributed by atoms with Gasteiger partial charge in [0.25, 0.3) is 0 Å². The summed E-state index contributed by atoms with van der Waals surface area (Å²) in [4.78, 5) is 0. The summed E-state index contributed by atoms with van der Waals surface area (Å²) in [5, 5.41) is 3.23. The Labute approximate surface area is 134 Å². The second-order valence-corrected chi connectivity index (χ2v) is 7.37. The third-order valence-corrected chi connectivity index (χ3v) is 5.18. The number of benzene rings is 1. The first-order chi connectivity index (χ1) is 10.3. The lowest BCUT2D eigenvalue weighted by Crippen LogP contribution is -2.41. The van der Waals surface area contributed by atoms with E-state index in [2.05, 4.69) is 57.3 Å². The van der Waals surface area contributed by atoms with E-state index in [4.69, 9.17) is 9.31 Å². The van der Waals surface area contributed by atoms with Crippen LogP contribution >= 0.6 is 0 Å². The first kappa shape index (κ1) is 15.8. The van der Waals surface area contributed by atoms with Gasteiger partial charge >= 0.3 is 7.12 Å².